The number of H-pyrrole nitrogens is 1. The van der Waals surface area contributed by atoms with Gasteiger partial charge in [-0.2, -0.15) is 5.10 Å². The summed E-state index contributed by atoms with van der Waals surface area (Å²) >= 11 is 5.88. The number of rotatable bonds is 4. The van der Waals surface area contributed by atoms with E-state index in [0.29, 0.717) is 22.4 Å². The van der Waals surface area contributed by atoms with Crippen molar-refractivity contribution in [2.45, 2.75) is 0 Å². The zero-order valence-electron chi connectivity index (χ0n) is 13.0. The van der Waals surface area contributed by atoms with Gasteiger partial charge in [-0.3, -0.25) is 5.43 Å². The predicted octanol–water partition coefficient (Wildman–Crippen LogP) is 4.12. The number of aromatic nitrogens is 4. The number of anilines is 1. The van der Waals surface area contributed by atoms with Crippen LogP contribution in [0.3, 0.4) is 0 Å². The molecule has 4 rings (SSSR count). The Hall–Kier alpha value is -3.25. The lowest BCUT2D eigenvalue weighted by molar-refractivity contribution is 1.03. The van der Waals surface area contributed by atoms with Crippen molar-refractivity contribution in [3.8, 4) is 11.5 Å². The number of aromatic amines is 1. The summed E-state index contributed by atoms with van der Waals surface area (Å²) in [4.78, 5) is 7.32. The molecule has 0 unspecified atom stereocenters. The number of imidazole rings is 1. The molecular formula is C18H13ClN6. The van der Waals surface area contributed by atoms with Crippen LogP contribution >= 0.6 is 11.6 Å². The average molecular weight is 349 g/mol. The molecule has 2 aromatic heterocycles. The lowest BCUT2D eigenvalue weighted by Gasteiger charge is -2.07. The van der Waals surface area contributed by atoms with Gasteiger partial charge in [0.15, 0.2) is 11.6 Å². The van der Waals surface area contributed by atoms with Gasteiger partial charge in [0.2, 0.25) is 0 Å². The third-order valence-corrected chi connectivity index (χ3v) is 3.92. The SMILES string of the molecule is Clc1ccc(C=NNc2nnc(-c3ncc[nH]3)c3ccccc23)cc1. The number of fused-ring (bicyclic) bond motifs is 1. The van der Waals surface area contributed by atoms with E-state index in [1.54, 1.807) is 18.6 Å². The van der Waals surface area contributed by atoms with Crippen molar-refractivity contribution in [2.24, 2.45) is 5.10 Å². The third-order valence-electron chi connectivity index (χ3n) is 3.66. The first-order valence-corrected chi connectivity index (χ1v) is 7.99. The smallest absolute Gasteiger partial charge is 0.176 e. The van der Waals surface area contributed by atoms with Crippen LogP contribution in [-0.2, 0) is 0 Å². The summed E-state index contributed by atoms with van der Waals surface area (Å²) in [6, 6.07) is 15.3. The molecule has 0 aliphatic heterocycles. The van der Waals surface area contributed by atoms with Crippen LogP contribution < -0.4 is 5.43 Å². The number of hydrogen-bond acceptors (Lipinski definition) is 5. The molecule has 25 heavy (non-hydrogen) atoms. The highest BCUT2D eigenvalue weighted by Crippen LogP contribution is 2.27. The Bertz CT molecular complexity index is 1030. The summed E-state index contributed by atoms with van der Waals surface area (Å²) in [6.07, 6.45) is 5.15. The molecule has 2 N–H and O–H groups in total. The van der Waals surface area contributed by atoms with E-state index in [-0.39, 0.29) is 0 Å². The minimum absolute atomic E-state index is 0.580. The molecule has 7 heteroatoms. The summed E-state index contributed by atoms with van der Waals surface area (Å²) in [5.41, 5.74) is 4.59. The highest BCUT2D eigenvalue weighted by atomic mass is 35.5. The summed E-state index contributed by atoms with van der Waals surface area (Å²) in [7, 11) is 0. The minimum atomic E-state index is 0.580. The minimum Gasteiger partial charge on any atom is -0.343 e. The summed E-state index contributed by atoms with van der Waals surface area (Å²) in [5, 5.41) is 15.3. The number of halogens is 1. The number of benzene rings is 2. The molecule has 0 aliphatic rings. The molecule has 0 fully saturated rings. The van der Waals surface area contributed by atoms with Crippen molar-refractivity contribution in [2.75, 3.05) is 5.43 Å². The Balaban J connectivity index is 1.66. The van der Waals surface area contributed by atoms with E-state index in [2.05, 4.69) is 30.7 Å². The van der Waals surface area contributed by atoms with Crippen molar-refractivity contribution < 1.29 is 0 Å². The van der Waals surface area contributed by atoms with Crippen molar-refractivity contribution in [1.82, 2.24) is 20.2 Å². The maximum atomic E-state index is 5.88. The molecule has 0 aliphatic carbocycles. The molecule has 4 aromatic rings. The summed E-state index contributed by atoms with van der Waals surface area (Å²) in [6.45, 7) is 0. The van der Waals surface area contributed by atoms with E-state index in [9.17, 15) is 0 Å². The van der Waals surface area contributed by atoms with Crippen LogP contribution in [0, 0.1) is 0 Å². The topological polar surface area (TPSA) is 78.8 Å². The molecule has 122 valence electrons. The summed E-state index contributed by atoms with van der Waals surface area (Å²) < 4.78 is 0. The molecule has 0 atom stereocenters. The highest BCUT2D eigenvalue weighted by molar-refractivity contribution is 6.30. The molecule has 0 bridgehead atoms. The van der Waals surface area contributed by atoms with Gasteiger partial charge in [-0.25, -0.2) is 4.98 Å². The van der Waals surface area contributed by atoms with Crippen LogP contribution in [0.25, 0.3) is 22.3 Å². The van der Waals surface area contributed by atoms with Crippen LogP contribution in [0.5, 0.6) is 0 Å². The second-order valence-electron chi connectivity index (χ2n) is 5.30. The van der Waals surface area contributed by atoms with Gasteiger partial charge in [-0.05, 0) is 17.7 Å². The molecule has 0 spiro atoms. The van der Waals surface area contributed by atoms with Gasteiger partial charge >= 0.3 is 0 Å². The lowest BCUT2D eigenvalue weighted by atomic mass is 10.1. The second kappa shape index (κ2) is 6.70. The maximum Gasteiger partial charge on any atom is 0.176 e. The van der Waals surface area contributed by atoms with Gasteiger partial charge in [0, 0.05) is 28.2 Å². The average Bonchev–Trinajstić information content (AvgIpc) is 3.18. The molecule has 2 aromatic carbocycles. The van der Waals surface area contributed by atoms with E-state index in [4.69, 9.17) is 11.6 Å². The fourth-order valence-electron chi connectivity index (χ4n) is 2.47. The normalized spacial score (nSPS) is 11.2. The standard InChI is InChI=1S/C18H13ClN6/c19-13-7-5-12(6-8-13)11-22-24-17-15-4-2-1-3-14(15)16(23-25-17)18-20-9-10-21-18/h1-11H,(H,20,21)(H,24,25). The van der Waals surface area contributed by atoms with E-state index in [1.165, 1.54) is 0 Å². The zero-order valence-corrected chi connectivity index (χ0v) is 13.8. The van der Waals surface area contributed by atoms with Crippen molar-refractivity contribution in [3.63, 3.8) is 0 Å². The summed E-state index contributed by atoms with van der Waals surface area (Å²) in [5.74, 6) is 1.26. The number of hydrazone groups is 1. The van der Waals surface area contributed by atoms with E-state index in [1.807, 2.05) is 48.5 Å². The molecule has 0 radical (unpaired) electrons. The van der Waals surface area contributed by atoms with Crippen molar-refractivity contribution in [3.05, 3.63) is 71.5 Å². The third kappa shape index (κ3) is 3.20. The van der Waals surface area contributed by atoms with Crippen molar-refractivity contribution >= 4 is 34.4 Å². The molecule has 2 heterocycles. The van der Waals surface area contributed by atoms with Gasteiger partial charge < -0.3 is 4.98 Å². The largest absolute Gasteiger partial charge is 0.343 e. The van der Waals surface area contributed by atoms with Gasteiger partial charge in [-0.1, -0.05) is 48.0 Å². The van der Waals surface area contributed by atoms with Crippen LogP contribution in [0.2, 0.25) is 5.02 Å². The fourth-order valence-corrected chi connectivity index (χ4v) is 2.60. The second-order valence-corrected chi connectivity index (χ2v) is 5.74. The van der Waals surface area contributed by atoms with E-state index in [0.717, 1.165) is 16.3 Å². The van der Waals surface area contributed by atoms with E-state index < -0.39 is 0 Å². The van der Waals surface area contributed by atoms with Crippen LogP contribution in [-0.4, -0.2) is 26.4 Å². The Morgan fingerprint density at radius 3 is 2.56 bits per heavy atom. The number of nitrogens with zero attached hydrogens (tertiary/aromatic N) is 4. The zero-order chi connectivity index (χ0) is 17.1. The first-order chi connectivity index (χ1) is 12.3. The Morgan fingerprint density at radius 2 is 1.80 bits per heavy atom. The Kier molecular flexibility index (Phi) is 4.10. The molecular weight excluding hydrogens is 336 g/mol. The quantitative estimate of drug-likeness (QED) is 0.429. The van der Waals surface area contributed by atoms with Crippen molar-refractivity contribution in [1.29, 1.82) is 0 Å². The first kappa shape index (κ1) is 15.3. The van der Waals surface area contributed by atoms with Crippen LogP contribution in [0.4, 0.5) is 5.82 Å². The van der Waals surface area contributed by atoms with Gasteiger partial charge in [0.1, 0.15) is 5.69 Å². The van der Waals surface area contributed by atoms with Gasteiger partial charge in [0.05, 0.1) is 6.21 Å². The molecule has 0 saturated carbocycles. The van der Waals surface area contributed by atoms with Crippen LogP contribution in [0.1, 0.15) is 5.56 Å². The first-order valence-electron chi connectivity index (χ1n) is 7.61. The van der Waals surface area contributed by atoms with E-state index >= 15 is 0 Å². The number of hydrogen-bond donors (Lipinski definition) is 2. The Morgan fingerprint density at radius 1 is 1.00 bits per heavy atom. The maximum absolute atomic E-state index is 5.88. The van der Waals surface area contributed by atoms with Gasteiger partial charge in [-0.15, -0.1) is 10.2 Å². The molecule has 0 saturated heterocycles. The monoisotopic (exact) mass is 348 g/mol. The van der Waals surface area contributed by atoms with Gasteiger partial charge in [0.25, 0.3) is 0 Å². The lowest BCUT2D eigenvalue weighted by Crippen LogP contribution is -1.99. The number of nitrogens with one attached hydrogen (secondary N) is 2. The van der Waals surface area contributed by atoms with Crippen LogP contribution in [0.15, 0.2) is 66.0 Å². The molecule has 6 nitrogen and oxygen atoms in total. The Labute approximate surface area is 148 Å². The molecule has 0 amide bonds. The fraction of sp³-hybridized carbons (Fsp3) is 0. The predicted molar refractivity (Wildman–Crippen MR) is 99.8 cm³/mol. The highest BCUT2D eigenvalue weighted by Gasteiger charge is 2.11.